The van der Waals surface area contributed by atoms with Crippen LogP contribution in [0.3, 0.4) is 0 Å². The van der Waals surface area contributed by atoms with Gasteiger partial charge in [-0.2, -0.15) is 0 Å². The lowest BCUT2D eigenvalue weighted by atomic mass is 9.77. The molecule has 1 heterocycles. The molecule has 1 atom stereocenters. The Balaban J connectivity index is 1.86. The highest BCUT2D eigenvalue weighted by molar-refractivity contribution is 6.33. The highest BCUT2D eigenvalue weighted by atomic mass is 35.5. The zero-order chi connectivity index (χ0) is 20.7. The third-order valence-electron chi connectivity index (χ3n) is 5.39. The number of hydrogen-bond acceptors (Lipinski definition) is 3. The number of ketones is 1. The van der Waals surface area contributed by atoms with E-state index in [9.17, 15) is 23.9 Å². The molecule has 2 aliphatic rings. The van der Waals surface area contributed by atoms with Gasteiger partial charge < -0.3 is 5.11 Å². The lowest BCUT2D eigenvalue weighted by Gasteiger charge is -2.38. The Morgan fingerprint density at radius 2 is 1.83 bits per heavy atom. The number of nitrogens with zero attached hydrogens (tertiary/aromatic N) is 1. The van der Waals surface area contributed by atoms with E-state index >= 15 is 0 Å². The number of anilines is 1. The second-order valence-electron chi connectivity index (χ2n) is 7.14. The summed E-state index contributed by atoms with van der Waals surface area (Å²) in [6.07, 6.45) is 1.56. The molecule has 5 nitrogen and oxygen atoms in total. The van der Waals surface area contributed by atoms with Gasteiger partial charge in [-0.3, -0.25) is 14.5 Å². The second-order valence-corrected chi connectivity index (χ2v) is 7.55. The van der Waals surface area contributed by atoms with Gasteiger partial charge >= 0.3 is 5.97 Å². The summed E-state index contributed by atoms with van der Waals surface area (Å²) in [5, 5.41) is 9.43. The lowest BCUT2D eigenvalue weighted by Crippen LogP contribution is -2.40. The van der Waals surface area contributed by atoms with Gasteiger partial charge in [0.25, 0.3) is 0 Å². The average Bonchev–Trinajstić information content (AvgIpc) is 2.69. The van der Waals surface area contributed by atoms with Crippen LogP contribution in [-0.4, -0.2) is 22.8 Å². The van der Waals surface area contributed by atoms with Crippen molar-refractivity contribution >= 4 is 34.9 Å². The zero-order valence-electron chi connectivity index (χ0n) is 15.3. The minimum Gasteiger partial charge on any atom is -0.478 e. The standard InChI is InChI=1S/C22H17ClFNO4/c23-17-9-8-14(10-16(17)22(28)29)25-18-2-1-3-19(26)21(18)15(11-20(25)27)12-4-6-13(24)7-5-12/h4-10,15H,1-3,11H2,(H,28,29). The predicted molar refractivity (Wildman–Crippen MR) is 106 cm³/mol. The normalized spacial score (nSPS) is 19.4. The molecule has 1 unspecified atom stereocenters. The molecule has 2 aromatic carbocycles. The molecule has 0 fully saturated rings. The number of carbonyl (C=O) groups excluding carboxylic acids is 2. The minimum absolute atomic E-state index is 0.0366. The van der Waals surface area contributed by atoms with Crippen LogP contribution in [0, 0.1) is 5.82 Å². The van der Waals surface area contributed by atoms with Crippen molar-refractivity contribution in [1.82, 2.24) is 0 Å². The van der Waals surface area contributed by atoms with Crippen molar-refractivity contribution in [2.75, 3.05) is 4.90 Å². The van der Waals surface area contributed by atoms with Crippen molar-refractivity contribution in [3.05, 3.63) is 75.7 Å². The van der Waals surface area contributed by atoms with E-state index in [-0.39, 0.29) is 34.5 Å². The molecule has 4 rings (SSSR count). The molecule has 7 heteroatoms. The van der Waals surface area contributed by atoms with Crippen LogP contribution in [0.5, 0.6) is 0 Å². The van der Waals surface area contributed by atoms with Crippen molar-refractivity contribution in [2.45, 2.75) is 31.6 Å². The number of allylic oxidation sites excluding steroid dienone is 2. The number of carboxylic acids is 1. The lowest BCUT2D eigenvalue weighted by molar-refractivity contribution is -0.119. The Hall–Kier alpha value is -2.99. The Morgan fingerprint density at radius 1 is 1.10 bits per heavy atom. The zero-order valence-corrected chi connectivity index (χ0v) is 16.1. The number of halogens is 2. The molecule has 0 bridgehead atoms. The Morgan fingerprint density at radius 3 is 2.52 bits per heavy atom. The van der Waals surface area contributed by atoms with Crippen LogP contribution in [-0.2, 0) is 9.59 Å². The molecule has 1 N–H and O–H groups in total. The third-order valence-corrected chi connectivity index (χ3v) is 5.72. The Labute approximate surface area is 171 Å². The highest BCUT2D eigenvalue weighted by Gasteiger charge is 2.39. The van der Waals surface area contributed by atoms with Crippen LogP contribution in [0.1, 0.15) is 47.5 Å². The van der Waals surface area contributed by atoms with Crippen molar-refractivity contribution < 1.29 is 23.9 Å². The van der Waals surface area contributed by atoms with Crippen molar-refractivity contribution in [3.8, 4) is 0 Å². The van der Waals surface area contributed by atoms with Gasteiger partial charge in [-0.05, 0) is 48.7 Å². The molecule has 1 aliphatic heterocycles. The summed E-state index contributed by atoms with van der Waals surface area (Å²) in [7, 11) is 0. The van der Waals surface area contributed by atoms with E-state index in [1.54, 1.807) is 18.2 Å². The number of aromatic carboxylic acids is 1. The summed E-state index contributed by atoms with van der Waals surface area (Å²) in [6.45, 7) is 0. The topological polar surface area (TPSA) is 74.7 Å². The molecule has 1 aliphatic carbocycles. The molecule has 0 saturated heterocycles. The van der Waals surface area contributed by atoms with E-state index in [1.165, 1.54) is 29.2 Å². The smallest absolute Gasteiger partial charge is 0.337 e. The molecule has 148 valence electrons. The summed E-state index contributed by atoms with van der Waals surface area (Å²) < 4.78 is 13.3. The Bertz CT molecular complexity index is 1060. The molecule has 1 amide bonds. The summed E-state index contributed by atoms with van der Waals surface area (Å²) in [5.74, 6) is -2.30. The van der Waals surface area contributed by atoms with Crippen LogP contribution in [0.25, 0.3) is 0 Å². The molecular formula is C22H17ClFNO4. The quantitative estimate of drug-likeness (QED) is 0.791. The first-order valence-electron chi connectivity index (χ1n) is 9.24. The van der Waals surface area contributed by atoms with Gasteiger partial charge in [0.2, 0.25) is 5.91 Å². The van der Waals surface area contributed by atoms with Crippen molar-refractivity contribution in [1.29, 1.82) is 0 Å². The SMILES string of the molecule is O=C1CCCC2=C1C(c1ccc(F)cc1)CC(=O)N2c1ccc(Cl)c(C(=O)O)c1. The summed E-state index contributed by atoms with van der Waals surface area (Å²) >= 11 is 5.96. The van der Waals surface area contributed by atoms with Crippen LogP contribution in [0.4, 0.5) is 10.1 Å². The average molecular weight is 414 g/mol. The predicted octanol–water partition coefficient (Wildman–Crippen LogP) is 4.70. The van der Waals surface area contributed by atoms with Crippen LogP contribution >= 0.6 is 11.6 Å². The fraction of sp³-hybridized carbons (Fsp3) is 0.227. The van der Waals surface area contributed by atoms with E-state index in [2.05, 4.69) is 0 Å². The van der Waals surface area contributed by atoms with Crippen molar-refractivity contribution in [2.24, 2.45) is 0 Å². The van der Waals surface area contributed by atoms with E-state index < -0.39 is 11.9 Å². The fourth-order valence-corrected chi connectivity index (χ4v) is 4.29. The number of hydrogen-bond donors (Lipinski definition) is 1. The number of benzene rings is 2. The van der Waals surface area contributed by atoms with Crippen LogP contribution < -0.4 is 4.90 Å². The molecular weight excluding hydrogens is 397 g/mol. The van der Waals surface area contributed by atoms with Crippen molar-refractivity contribution in [3.63, 3.8) is 0 Å². The third kappa shape index (κ3) is 3.44. The number of amides is 1. The van der Waals surface area contributed by atoms with Gasteiger partial charge in [0.05, 0.1) is 10.6 Å². The number of rotatable bonds is 3. The van der Waals surface area contributed by atoms with E-state index in [4.69, 9.17) is 11.6 Å². The Kier molecular flexibility index (Phi) is 4.96. The number of carboxylic acid groups (broad SMARTS) is 1. The summed E-state index contributed by atoms with van der Waals surface area (Å²) in [6, 6.07) is 10.2. The minimum atomic E-state index is -1.19. The number of Topliss-reactive ketones (excluding diaryl/α,β-unsaturated/α-hetero) is 1. The highest BCUT2D eigenvalue weighted by Crippen LogP contribution is 2.43. The van der Waals surface area contributed by atoms with E-state index in [1.807, 2.05) is 0 Å². The summed E-state index contributed by atoms with van der Waals surface area (Å²) in [4.78, 5) is 38.8. The van der Waals surface area contributed by atoms with E-state index in [0.717, 1.165) is 0 Å². The maximum absolute atomic E-state index is 13.3. The second kappa shape index (κ2) is 7.44. The van der Waals surface area contributed by atoms with Gasteiger partial charge in [0.1, 0.15) is 5.82 Å². The van der Waals surface area contributed by atoms with Gasteiger partial charge in [0, 0.05) is 35.7 Å². The van der Waals surface area contributed by atoms with Gasteiger partial charge in [0.15, 0.2) is 5.78 Å². The first kappa shape index (κ1) is 19.3. The van der Waals surface area contributed by atoms with Gasteiger partial charge in [-0.25, -0.2) is 9.18 Å². The van der Waals surface area contributed by atoms with E-state index in [0.29, 0.717) is 41.8 Å². The summed E-state index contributed by atoms with van der Waals surface area (Å²) in [5.41, 5.74) is 2.11. The largest absolute Gasteiger partial charge is 0.478 e. The maximum atomic E-state index is 13.3. The number of carbonyl (C=O) groups is 3. The monoisotopic (exact) mass is 413 g/mol. The molecule has 29 heavy (non-hydrogen) atoms. The molecule has 0 spiro atoms. The molecule has 0 aromatic heterocycles. The fourth-order valence-electron chi connectivity index (χ4n) is 4.09. The first-order chi connectivity index (χ1) is 13.9. The van der Waals surface area contributed by atoms with Gasteiger partial charge in [-0.15, -0.1) is 0 Å². The maximum Gasteiger partial charge on any atom is 0.337 e. The van der Waals surface area contributed by atoms with Crippen LogP contribution in [0.15, 0.2) is 53.7 Å². The first-order valence-corrected chi connectivity index (χ1v) is 9.62. The molecule has 0 radical (unpaired) electrons. The molecule has 0 saturated carbocycles. The van der Waals surface area contributed by atoms with Crippen LogP contribution in [0.2, 0.25) is 5.02 Å². The molecule has 2 aromatic rings. The van der Waals surface area contributed by atoms with Gasteiger partial charge in [-0.1, -0.05) is 23.7 Å².